The molecule has 41 heavy (non-hydrogen) atoms. The first-order valence-corrected chi connectivity index (χ1v) is 15.8. The summed E-state index contributed by atoms with van der Waals surface area (Å²) in [5.41, 5.74) is 2.57. The highest BCUT2D eigenvalue weighted by Gasteiger charge is 2.33. The molecule has 222 valence electrons. The molecule has 0 spiro atoms. The van der Waals surface area contributed by atoms with Gasteiger partial charge in [-0.25, -0.2) is 18.4 Å². The molecule has 2 N–H and O–H groups in total. The van der Waals surface area contributed by atoms with Gasteiger partial charge in [-0.1, -0.05) is 36.8 Å². The third-order valence-electron chi connectivity index (χ3n) is 6.98. The molecule has 0 saturated carbocycles. The summed E-state index contributed by atoms with van der Waals surface area (Å²) in [5.74, 6) is 6.23. The molecule has 0 bridgehead atoms. The van der Waals surface area contributed by atoms with Gasteiger partial charge in [0.25, 0.3) is 0 Å². The average Bonchev–Trinajstić information content (AvgIpc) is 3.30. The van der Waals surface area contributed by atoms with Gasteiger partial charge < -0.3 is 23.8 Å². The number of unbranched alkanes of at least 4 members (excludes halogenated alkanes) is 5. The van der Waals surface area contributed by atoms with E-state index in [0.717, 1.165) is 68.4 Å². The van der Waals surface area contributed by atoms with E-state index in [4.69, 9.17) is 24.1 Å². The lowest BCUT2D eigenvalue weighted by Crippen LogP contribution is -2.35. The number of benzene rings is 2. The number of ether oxygens (including phenoxy) is 4. The summed E-state index contributed by atoms with van der Waals surface area (Å²) >= 11 is 0. The molecule has 9 nitrogen and oxygen atoms in total. The zero-order valence-corrected chi connectivity index (χ0v) is 24.7. The number of hydrogen-bond donors (Lipinski definition) is 1. The Morgan fingerprint density at radius 1 is 1.05 bits per heavy atom. The normalized spacial score (nSPS) is 17.8. The van der Waals surface area contributed by atoms with Crippen LogP contribution in [-0.2, 0) is 30.8 Å². The number of nitrogens with zero attached hydrogens (tertiary/aromatic N) is 1. The largest absolute Gasteiger partial charge is 0.463 e. The third-order valence-corrected chi connectivity index (χ3v) is 7.89. The van der Waals surface area contributed by atoms with Crippen LogP contribution in [0.15, 0.2) is 47.4 Å². The maximum Gasteiger partial charge on any atom is 0.410 e. The van der Waals surface area contributed by atoms with E-state index in [2.05, 4.69) is 11.8 Å². The highest BCUT2D eigenvalue weighted by atomic mass is 32.2. The first-order valence-electron chi connectivity index (χ1n) is 14.2. The van der Waals surface area contributed by atoms with E-state index in [9.17, 15) is 13.2 Å². The average molecular weight is 585 g/mol. The van der Waals surface area contributed by atoms with Crippen LogP contribution in [0.2, 0.25) is 0 Å². The van der Waals surface area contributed by atoms with Crippen LogP contribution in [-0.4, -0.2) is 51.5 Å². The van der Waals surface area contributed by atoms with Crippen molar-refractivity contribution in [1.29, 1.82) is 0 Å². The van der Waals surface area contributed by atoms with Gasteiger partial charge in [0.2, 0.25) is 15.8 Å². The number of fused-ring (bicyclic) bond motifs is 1. The molecule has 1 amide bonds. The topological polar surface area (TPSA) is 117 Å². The molecular formula is C31H40N2O7S. The van der Waals surface area contributed by atoms with Crippen molar-refractivity contribution in [2.24, 2.45) is 5.14 Å². The van der Waals surface area contributed by atoms with Gasteiger partial charge in [0.1, 0.15) is 11.9 Å². The van der Waals surface area contributed by atoms with Crippen molar-refractivity contribution in [1.82, 2.24) is 4.90 Å². The summed E-state index contributed by atoms with van der Waals surface area (Å²) in [4.78, 5) is 14.2. The molecule has 0 aromatic heterocycles. The van der Waals surface area contributed by atoms with E-state index in [1.54, 1.807) is 17.0 Å². The Balaban J connectivity index is 1.03. The zero-order chi connectivity index (χ0) is 29.3. The molecule has 10 heteroatoms. The molecule has 2 aromatic rings. The number of primary sulfonamides is 1. The van der Waals surface area contributed by atoms with Crippen LogP contribution in [0.5, 0.6) is 5.75 Å². The summed E-state index contributed by atoms with van der Waals surface area (Å²) in [7, 11) is -3.72. The SMILES string of the molecule is CC1(C)OCc2cc([C@@H]3CN(CCCCCCOCCCCC#Cc4cccc(S(N)(=O)=O)c4)C(=O)O3)ccc2O1. The van der Waals surface area contributed by atoms with Gasteiger partial charge in [-0.15, -0.1) is 0 Å². The number of amides is 1. The van der Waals surface area contributed by atoms with E-state index >= 15 is 0 Å². The van der Waals surface area contributed by atoms with Crippen molar-refractivity contribution in [3.63, 3.8) is 0 Å². The van der Waals surface area contributed by atoms with Crippen LogP contribution in [0.4, 0.5) is 4.79 Å². The molecule has 2 aliphatic rings. The number of rotatable bonds is 13. The maximum absolute atomic E-state index is 12.4. The van der Waals surface area contributed by atoms with Crippen LogP contribution in [0.1, 0.15) is 81.6 Å². The van der Waals surface area contributed by atoms with E-state index < -0.39 is 15.8 Å². The minimum absolute atomic E-state index is 0.0718. The highest BCUT2D eigenvalue weighted by Crippen LogP contribution is 2.35. The van der Waals surface area contributed by atoms with Gasteiger partial charge in [-0.2, -0.15) is 0 Å². The van der Waals surface area contributed by atoms with E-state index in [0.29, 0.717) is 31.9 Å². The number of hydrogen-bond acceptors (Lipinski definition) is 7. The van der Waals surface area contributed by atoms with Crippen LogP contribution >= 0.6 is 0 Å². The van der Waals surface area contributed by atoms with E-state index in [-0.39, 0.29) is 17.1 Å². The second-order valence-corrected chi connectivity index (χ2v) is 12.4. The Labute approximate surface area is 243 Å². The molecular weight excluding hydrogens is 544 g/mol. The quantitative estimate of drug-likeness (QED) is 0.252. The molecule has 0 aliphatic carbocycles. The second-order valence-electron chi connectivity index (χ2n) is 10.8. The standard InChI is InChI=1S/C31H40N2O7S/c1-31(2)38-23-26-21-25(15-16-28(26)40-31)29-22-33(30(34)39-29)17-8-4-6-10-19-37-18-9-5-3-7-12-24-13-11-14-27(20-24)41(32,35)36/h11,13-16,20-21,29H,3-6,8-10,17-19,22-23H2,1-2H3,(H2,32,35,36)/t29-/m0/s1. The molecule has 2 heterocycles. The van der Waals surface area contributed by atoms with Crippen molar-refractivity contribution in [2.45, 2.75) is 82.2 Å². The Kier molecular flexibility index (Phi) is 10.7. The summed E-state index contributed by atoms with van der Waals surface area (Å²) in [5, 5.41) is 5.15. The lowest BCUT2D eigenvalue weighted by Gasteiger charge is -2.32. The molecule has 1 atom stereocenters. The van der Waals surface area contributed by atoms with Gasteiger partial charge >= 0.3 is 6.09 Å². The summed E-state index contributed by atoms with van der Waals surface area (Å²) in [6.07, 6.45) is 6.03. The maximum atomic E-state index is 12.4. The van der Waals surface area contributed by atoms with Crippen molar-refractivity contribution in [3.8, 4) is 17.6 Å². The molecule has 0 radical (unpaired) electrons. The first-order chi connectivity index (χ1) is 19.6. The molecule has 1 saturated heterocycles. The predicted molar refractivity (Wildman–Crippen MR) is 155 cm³/mol. The predicted octanol–water partition coefficient (Wildman–Crippen LogP) is 5.27. The molecule has 2 aromatic carbocycles. The number of carbonyl (C=O) groups excluding carboxylic acids is 1. The van der Waals surface area contributed by atoms with E-state index in [1.165, 1.54) is 12.1 Å². The lowest BCUT2D eigenvalue weighted by molar-refractivity contribution is -0.180. The fraction of sp³-hybridized carbons (Fsp3) is 0.516. The molecule has 1 fully saturated rings. The van der Waals surface area contributed by atoms with Crippen molar-refractivity contribution in [3.05, 3.63) is 59.2 Å². The highest BCUT2D eigenvalue weighted by molar-refractivity contribution is 7.89. The molecule has 0 unspecified atom stereocenters. The fourth-order valence-corrected chi connectivity index (χ4v) is 5.28. The minimum Gasteiger partial charge on any atom is -0.463 e. The van der Waals surface area contributed by atoms with E-state index in [1.807, 2.05) is 32.0 Å². The summed E-state index contributed by atoms with van der Waals surface area (Å²) < 4.78 is 45.8. The van der Waals surface area contributed by atoms with Crippen LogP contribution in [0, 0.1) is 11.8 Å². The first kappa shape index (κ1) is 30.8. The van der Waals surface area contributed by atoms with Crippen LogP contribution in [0.3, 0.4) is 0 Å². The summed E-state index contributed by atoms with van der Waals surface area (Å²) in [6, 6.07) is 12.3. The third kappa shape index (κ3) is 9.47. The monoisotopic (exact) mass is 584 g/mol. The van der Waals surface area contributed by atoms with Gasteiger partial charge in [0.05, 0.1) is 18.0 Å². The van der Waals surface area contributed by atoms with Crippen molar-refractivity contribution < 1.29 is 32.2 Å². The van der Waals surface area contributed by atoms with Gasteiger partial charge in [-0.3, -0.25) is 0 Å². The lowest BCUT2D eigenvalue weighted by atomic mass is 10.0. The van der Waals surface area contributed by atoms with Gasteiger partial charge in [-0.05, 0) is 61.6 Å². The van der Waals surface area contributed by atoms with Crippen molar-refractivity contribution in [2.75, 3.05) is 26.3 Å². The van der Waals surface area contributed by atoms with Crippen LogP contribution < -0.4 is 9.88 Å². The Hall–Kier alpha value is -3.10. The van der Waals surface area contributed by atoms with Gasteiger partial charge in [0.15, 0.2) is 0 Å². The number of carbonyl (C=O) groups is 1. The number of sulfonamides is 1. The zero-order valence-electron chi connectivity index (χ0n) is 23.9. The fourth-order valence-electron chi connectivity index (χ4n) is 4.72. The number of nitrogens with two attached hydrogens (primary N) is 1. The van der Waals surface area contributed by atoms with Gasteiger partial charge in [0, 0.05) is 51.2 Å². The Morgan fingerprint density at radius 2 is 1.83 bits per heavy atom. The van der Waals surface area contributed by atoms with Crippen molar-refractivity contribution >= 4 is 16.1 Å². The summed E-state index contributed by atoms with van der Waals surface area (Å²) in [6.45, 7) is 6.92. The number of cyclic esters (lactones) is 1. The molecule has 2 aliphatic heterocycles. The second kappa shape index (κ2) is 14.2. The smallest absolute Gasteiger partial charge is 0.410 e. The Bertz CT molecular complexity index is 1360. The van der Waals surface area contributed by atoms with Crippen LogP contribution in [0.25, 0.3) is 0 Å². The molecule has 4 rings (SSSR count). The Morgan fingerprint density at radius 3 is 2.63 bits per heavy atom. The minimum atomic E-state index is -3.72.